The number of rotatable bonds is 4. The van der Waals surface area contributed by atoms with Gasteiger partial charge in [-0.1, -0.05) is 18.2 Å². The highest BCUT2D eigenvalue weighted by molar-refractivity contribution is 5.88. The summed E-state index contributed by atoms with van der Waals surface area (Å²) in [7, 11) is 0. The number of carboxylic acids is 1. The quantitative estimate of drug-likeness (QED) is 0.560. The van der Waals surface area contributed by atoms with Crippen molar-refractivity contribution >= 4 is 11.9 Å². The number of aliphatic carboxylic acids is 1. The van der Waals surface area contributed by atoms with Gasteiger partial charge in [-0.2, -0.15) is 0 Å². The van der Waals surface area contributed by atoms with Crippen molar-refractivity contribution in [3.8, 4) is 0 Å². The number of carbonyl (C=O) groups excluding carboxylic acids is 1. The number of hydrogen-bond donors (Lipinski definition) is 2. The number of allylic oxidation sites excluding steroid dienone is 3. The molecule has 0 aromatic carbocycles. The molecule has 1 saturated carbocycles. The van der Waals surface area contributed by atoms with Crippen LogP contribution in [0.5, 0.6) is 0 Å². The minimum atomic E-state index is -0.763. The van der Waals surface area contributed by atoms with Gasteiger partial charge >= 0.3 is 5.97 Å². The fraction of sp³-hybridized carbons (Fsp3) is 0.500. The lowest BCUT2D eigenvalue weighted by Gasteiger charge is -2.09. The van der Waals surface area contributed by atoms with Crippen molar-refractivity contribution in [1.82, 2.24) is 5.32 Å². The lowest BCUT2D eigenvalue weighted by atomic mass is 10.1. The van der Waals surface area contributed by atoms with Crippen molar-refractivity contribution in [3.63, 3.8) is 0 Å². The molecular formula is C12H17NO3. The number of nitrogens with one attached hydrogen (secondary N) is 1. The van der Waals surface area contributed by atoms with Gasteiger partial charge in [0.15, 0.2) is 0 Å². The highest BCUT2D eigenvalue weighted by Gasteiger charge is 2.29. The van der Waals surface area contributed by atoms with E-state index in [1.165, 1.54) is 6.08 Å². The summed E-state index contributed by atoms with van der Waals surface area (Å²) in [5, 5.41) is 11.6. The highest BCUT2D eigenvalue weighted by Crippen LogP contribution is 2.25. The first-order chi connectivity index (χ1) is 7.63. The van der Waals surface area contributed by atoms with Crippen molar-refractivity contribution in [2.45, 2.75) is 32.2 Å². The van der Waals surface area contributed by atoms with Crippen molar-refractivity contribution in [1.29, 1.82) is 0 Å². The summed E-state index contributed by atoms with van der Waals surface area (Å²) in [6, 6.07) is 0.00357. The normalized spacial score (nSPS) is 25.3. The van der Waals surface area contributed by atoms with Crippen molar-refractivity contribution in [3.05, 3.63) is 24.3 Å². The van der Waals surface area contributed by atoms with Gasteiger partial charge in [-0.15, -0.1) is 0 Å². The van der Waals surface area contributed by atoms with Gasteiger partial charge in [0.1, 0.15) is 0 Å². The van der Waals surface area contributed by atoms with Crippen LogP contribution in [0.15, 0.2) is 24.3 Å². The lowest BCUT2D eigenvalue weighted by Crippen LogP contribution is -2.31. The zero-order valence-electron chi connectivity index (χ0n) is 9.35. The van der Waals surface area contributed by atoms with Crippen LogP contribution in [0.2, 0.25) is 0 Å². The predicted molar refractivity (Wildman–Crippen MR) is 60.9 cm³/mol. The van der Waals surface area contributed by atoms with Crippen molar-refractivity contribution < 1.29 is 14.7 Å². The Bertz CT molecular complexity index is 320. The zero-order chi connectivity index (χ0) is 12.0. The van der Waals surface area contributed by atoms with Gasteiger partial charge in [-0.05, 0) is 26.2 Å². The van der Waals surface area contributed by atoms with E-state index < -0.39 is 5.97 Å². The molecule has 16 heavy (non-hydrogen) atoms. The second kappa shape index (κ2) is 6.10. The fourth-order valence-corrected chi connectivity index (χ4v) is 1.84. The van der Waals surface area contributed by atoms with E-state index >= 15 is 0 Å². The van der Waals surface area contributed by atoms with Crippen LogP contribution in [0.25, 0.3) is 0 Å². The molecule has 1 rings (SSSR count). The van der Waals surface area contributed by atoms with Gasteiger partial charge in [0.05, 0.1) is 5.92 Å². The summed E-state index contributed by atoms with van der Waals surface area (Å²) >= 11 is 0. The van der Waals surface area contributed by atoms with Crippen molar-refractivity contribution in [2.24, 2.45) is 5.92 Å². The van der Waals surface area contributed by atoms with E-state index in [9.17, 15) is 9.59 Å². The molecule has 4 heteroatoms. The topological polar surface area (TPSA) is 66.4 Å². The van der Waals surface area contributed by atoms with Crippen LogP contribution < -0.4 is 5.32 Å². The molecule has 1 aliphatic rings. The SMILES string of the molecule is CC=CC=CC(=O)N[C@H]1CC[C@@H](C(=O)O)C1. The van der Waals surface area contributed by atoms with E-state index in [2.05, 4.69) is 5.32 Å². The first-order valence-corrected chi connectivity index (χ1v) is 5.46. The minimum Gasteiger partial charge on any atom is -0.481 e. The molecule has 0 unspecified atom stereocenters. The van der Waals surface area contributed by atoms with Crippen LogP contribution >= 0.6 is 0 Å². The van der Waals surface area contributed by atoms with Gasteiger partial charge in [0, 0.05) is 12.1 Å². The van der Waals surface area contributed by atoms with Crippen LogP contribution in [0.1, 0.15) is 26.2 Å². The number of carbonyl (C=O) groups is 2. The van der Waals surface area contributed by atoms with E-state index in [1.807, 2.05) is 13.0 Å². The molecule has 0 saturated heterocycles. The second-order valence-corrected chi connectivity index (χ2v) is 3.94. The first kappa shape index (κ1) is 12.5. The summed E-state index contributed by atoms with van der Waals surface area (Å²) in [4.78, 5) is 22.1. The summed E-state index contributed by atoms with van der Waals surface area (Å²) in [5.74, 6) is -1.22. The molecule has 1 amide bonds. The second-order valence-electron chi connectivity index (χ2n) is 3.94. The average Bonchev–Trinajstić information content (AvgIpc) is 2.66. The Balaban J connectivity index is 2.34. The Morgan fingerprint density at radius 1 is 1.31 bits per heavy atom. The van der Waals surface area contributed by atoms with Crippen LogP contribution in [0, 0.1) is 5.92 Å². The Morgan fingerprint density at radius 3 is 2.62 bits per heavy atom. The molecule has 0 bridgehead atoms. The van der Waals surface area contributed by atoms with Crippen molar-refractivity contribution in [2.75, 3.05) is 0 Å². The van der Waals surface area contributed by atoms with Gasteiger partial charge in [-0.3, -0.25) is 9.59 Å². The minimum absolute atomic E-state index is 0.00357. The van der Waals surface area contributed by atoms with E-state index in [1.54, 1.807) is 12.2 Å². The summed E-state index contributed by atoms with van der Waals surface area (Å²) in [6.45, 7) is 1.87. The van der Waals surface area contributed by atoms with Gasteiger partial charge in [-0.25, -0.2) is 0 Å². The molecule has 88 valence electrons. The van der Waals surface area contributed by atoms with E-state index in [4.69, 9.17) is 5.11 Å². The van der Waals surface area contributed by atoms with Crippen LogP contribution in [0.4, 0.5) is 0 Å². The Labute approximate surface area is 95.0 Å². The first-order valence-electron chi connectivity index (χ1n) is 5.46. The third-order valence-corrected chi connectivity index (χ3v) is 2.68. The van der Waals surface area contributed by atoms with E-state index in [-0.39, 0.29) is 17.9 Å². The summed E-state index contributed by atoms with van der Waals surface area (Å²) in [6.07, 6.45) is 8.67. The third kappa shape index (κ3) is 3.88. The maximum absolute atomic E-state index is 11.4. The Hall–Kier alpha value is -1.58. The highest BCUT2D eigenvalue weighted by atomic mass is 16.4. The maximum atomic E-state index is 11.4. The molecule has 4 nitrogen and oxygen atoms in total. The van der Waals surface area contributed by atoms with Crippen LogP contribution in [-0.4, -0.2) is 23.0 Å². The molecule has 0 aliphatic heterocycles. The molecule has 2 N–H and O–H groups in total. The Kier molecular flexibility index (Phi) is 4.76. The molecule has 0 radical (unpaired) electrons. The summed E-state index contributed by atoms with van der Waals surface area (Å²) in [5.41, 5.74) is 0. The molecular weight excluding hydrogens is 206 g/mol. The zero-order valence-corrected chi connectivity index (χ0v) is 9.35. The molecule has 1 fully saturated rings. The molecule has 0 heterocycles. The van der Waals surface area contributed by atoms with E-state index in [0.717, 1.165) is 6.42 Å². The van der Waals surface area contributed by atoms with Crippen LogP contribution in [-0.2, 0) is 9.59 Å². The van der Waals surface area contributed by atoms with E-state index in [0.29, 0.717) is 12.8 Å². The lowest BCUT2D eigenvalue weighted by molar-refractivity contribution is -0.141. The standard InChI is InChI=1S/C12H17NO3/c1-2-3-4-5-11(14)13-10-7-6-9(8-10)12(15)16/h2-5,9-10H,6-8H2,1H3,(H,13,14)(H,15,16)/t9-,10+/m1/s1. The van der Waals surface area contributed by atoms with Crippen LogP contribution in [0.3, 0.4) is 0 Å². The molecule has 0 aromatic heterocycles. The molecule has 1 aliphatic carbocycles. The van der Waals surface area contributed by atoms with Gasteiger partial charge in [0.2, 0.25) is 5.91 Å². The van der Waals surface area contributed by atoms with Gasteiger partial charge in [0.25, 0.3) is 0 Å². The Morgan fingerprint density at radius 2 is 2.06 bits per heavy atom. The summed E-state index contributed by atoms with van der Waals surface area (Å²) < 4.78 is 0. The monoisotopic (exact) mass is 223 g/mol. The predicted octanol–water partition coefficient (Wildman–Crippen LogP) is 1.49. The molecule has 0 spiro atoms. The number of hydrogen-bond acceptors (Lipinski definition) is 2. The maximum Gasteiger partial charge on any atom is 0.306 e. The average molecular weight is 223 g/mol. The number of carboxylic acid groups (broad SMARTS) is 1. The largest absolute Gasteiger partial charge is 0.481 e. The smallest absolute Gasteiger partial charge is 0.306 e. The molecule has 2 atom stereocenters. The number of amides is 1. The molecule has 0 aromatic rings. The fourth-order valence-electron chi connectivity index (χ4n) is 1.84. The third-order valence-electron chi connectivity index (χ3n) is 2.68. The van der Waals surface area contributed by atoms with Gasteiger partial charge < -0.3 is 10.4 Å².